The predicted molar refractivity (Wildman–Crippen MR) is 51.9 cm³/mol. The van der Waals surface area contributed by atoms with Gasteiger partial charge in [0, 0.05) is 0 Å². The summed E-state index contributed by atoms with van der Waals surface area (Å²) in [6, 6.07) is -0.848. The van der Waals surface area contributed by atoms with Crippen LogP contribution in [0.3, 0.4) is 0 Å². The number of nitrogens with one attached hydrogen (secondary N) is 1. The van der Waals surface area contributed by atoms with Crippen LogP contribution in [0.25, 0.3) is 0 Å². The van der Waals surface area contributed by atoms with Crippen LogP contribution in [0.2, 0.25) is 0 Å². The molecule has 0 aliphatic carbocycles. The van der Waals surface area contributed by atoms with E-state index in [4.69, 9.17) is 25.9 Å². The quantitative estimate of drug-likeness (QED) is 0.287. The number of hydrogen-bond donors (Lipinski definition) is 5. The van der Waals surface area contributed by atoms with Crippen molar-refractivity contribution in [3.8, 4) is 0 Å². The van der Waals surface area contributed by atoms with Crippen LogP contribution in [-0.2, 0) is 9.63 Å². The van der Waals surface area contributed by atoms with Gasteiger partial charge in [-0.3, -0.25) is 9.63 Å². The number of carbonyl (C=O) groups is 1. The Morgan fingerprint density at radius 1 is 1.53 bits per heavy atom. The number of aliphatic hydroxyl groups excluding tert-OH is 2. The number of aliphatic carboxylic acids is 1. The fraction of sp³-hybridized carbons (Fsp3) is 0.875. The molecular weight excluding hydrogens is 204 g/mol. The van der Waals surface area contributed by atoms with Crippen LogP contribution in [-0.4, -0.2) is 53.2 Å². The zero-order chi connectivity index (χ0) is 11.7. The van der Waals surface area contributed by atoms with E-state index in [-0.39, 0.29) is 6.61 Å². The van der Waals surface area contributed by atoms with E-state index in [0.717, 1.165) is 0 Å². The fourth-order valence-electron chi connectivity index (χ4n) is 0.852. The molecule has 0 aliphatic rings. The maximum absolute atomic E-state index is 10.7. The molecule has 0 aromatic heterocycles. The fourth-order valence-corrected chi connectivity index (χ4v) is 0.852. The minimum absolute atomic E-state index is 0.164. The summed E-state index contributed by atoms with van der Waals surface area (Å²) in [7, 11) is 0. The normalized spacial score (nSPS) is 14.9. The summed E-state index contributed by atoms with van der Waals surface area (Å²) in [5, 5.41) is 26.1. The molecule has 1 unspecified atom stereocenters. The molecule has 0 rings (SSSR count). The van der Waals surface area contributed by atoms with Gasteiger partial charge in [-0.1, -0.05) is 0 Å². The first-order chi connectivity index (χ1) is 7.11. The first-order valence-electron chi connectivity index (χ1n) is 4.71. The summed E-state index contributed by atoms with van der Waals surface area (Å²) in [6.07, 6.45) is -0.0989. The number of hydroxylamine groups is 1. The number of aliphatic hydroxyl groups is 2. The highest BCUT2D eigenvalue weighted by atomic mass is 16.7. The van der Waals surface area contributed by atoms with Gasteiger partial charge in [0.25, 0.3) is 0 Å². The molecule has 7 nitrogen and oxygen atoms in total. The van der Waals surface area contributed by atoms with Crippen LogP contribution in [0.15, 0.2) is 0 Å². The Bertz CT molecular complexity index is 178. The van der Waals surface area contributed by atoms with Crippen LogP contribution in [0, 0.1) is 0 Å². The first kappa shape index (κ1) is 14.3. The van der Waals surface area contributed by atoms with Crippen molar-refractivity contribution < 1.29 is 25.0 Å². The molecule has 2 atom stereocenters. The van der Waals surface area contributed by atoms with E-state index in [1.54, 1.807) is 0 Å². The Labute approximate surface area is 87.8 Å². The van der Waals surface area contributed by atoms with Gasteiger partial charge in [-0.05, 0) is 19.4 Å². The van der Waals surface area contributed by atoms with Crippen molar-refractivity contribution in [2.24, 2.45) is 5.73 Å². The van der Waals surface area contributed by atoms with Crippen molar-refractivity contribution in [2.45, 2.75) is 25.0 Å². The molecule has 0 fully saturated rings. The molecule has 0 aromatic carbocycles. The summed E-state index contributed by atoms with van der Waals surface area (Å²) in [4.78, 5) is 15.4. The highest BCUT2D eigenvalue weighted by molar-refractivity contribution is 5.73. The lowest BCUT2D eigenvalue weighted by atomic mass is 10.2. The lowest BCUT2D eigenvalue weighted by Gasteiger charge is -2.15. The second-order valence-electron chi connectivity index (χ2n) is 3.09. The van der Waals surface area contributed by atoms with E-state index in [2.05, 4.69) is 5.48 Å². The lowest BCUT2D eigenvalue weighted by molar-refractivity contribution is -0.145. The molecule has 0 saturated carbocycles. The molecule has 90 valence electrons. The van der Waals surface area contributed by atoms with Gasteiger partial charge in [-0.15, -0.1) is 0 Å². The molecule has 15 heavy (non-hydrogen) atoms. The molecule has 6 N–H and O–H groups in total. The van der Waals surface area contributed by atoms with Crippen LogP contribution in [0.4, 0.5) is 0 Å². The molecule has 0 amide bonds. The number of carboxylic acids is 1. The average molecular weight is 222 g/mol. The predicted octanol–water partition coefficient (Wildman–Crippen LogP) is -1.95. The third-order valence-electron chi connectivity index (χ3n) is 1.71. The Morgan fingerprint density at radius 2 is 2.20 bits per heavy atom. The standard InChI is InChI=1S/C8H18N2O5/c9-3-1-2-7(8(13)14)10-15-5-6(12)4-11/h6-7,10-12H,1-5,9H2,(H,13,14)/t6?,7-/m1/s1. The van der Waals surface area contributed by atoms with Gasteiger partial charge in [0.15, 0.2) is 0 Å². The number of carboxylic acid groups (broad SMARTS) is 1. The van der Waals surface area contributed by atoms with Crippen LogP contribution in [0.1, 0.15) is 12.8 Å². The van der Waals surface area contributed by atoms with Crippen LogP contribution < -0.4 is 11.2 Å². The number of hydrogen-bond acceptors (Lipinski definition) is 6. The van der Waals surface area contributed by atoms with Gasteiger partial charge >= 0.3 is 5.97 Å². The molecule has 0 saturated heterocycles. The summed E-state index contributed by atoms with van der Waals surface area (Å²) in [5.41, 5.74) is 7.53. The highest BCUT2D eigenvalue weighted by Gasteiger charge is 2.16. The lowest BCUT2D eigenvalue weighted by Crippen LogP contribution is -2.39. The smallest absolute Gasteiger partial charge is 0.323 e. The Balaban J connectivity index is 3.71. The molecule has 0 heterocycles. The van der Waals surface area contributed by atoms with E-state index >= 15 is 0 Å². The minimum Gasteiger partial charge on any atom is -0.480 e. The molecular formula is C8H18N2O5. The average Bonchev–Trinajstić information content (AvgIpc) is 2.22. The SMILES string of the molecule is NCCC[C@@H](NOCC(O)CO)C(=O)O. The molecule has 0 spiro atoms. The molecule has 0 aliphatic heterocycles. The van der Waals surface area contributed by atoms with E-state index in [0.29, 0.717) is 19.4 Å². The Kier molecular flexibility index (Phi) is 8.15. The summed E-state index contributed by atoms with van der Waals surface area (Å²) < 4.78 is 0. The van der Waals surface area contributed by atoms with Crippen molar-refractivity contribution in [3.63, 3.8) is 0 Å². The van der Waals surface area contributed by atoms with E-state index in [1.807, 2.05) is 0 Å². The second-order valence-corrected chi connectivity index (χ2v) is 3.09. The third-order valence-corrected chi connectivity index (χ3v) is 1.71. The Morgan fingerprint density at radius 3 is 2.67 bits per heavy atom. The van der Waals surface area contributed by atoms with E-state index in [9.17, 15) is 4.79 Å². The topological polar surface area (TPSA) is 125 Å². The van der Waals surface area contributed by atoms with Crippen LogP contribution in [0.5, 0.6) is 0 Å². The first-order valence-corrected chi connectivity index (χ1v) is 4.71. The zero-order valence-electron chi connectivity index (χ0n) is 8.43. The van der Waals surface area contributed by atoms with Crippen molar-refractivity contribution in [2.75, 3.05) is 19.8 Å². The highest BCUT2D eigenvalue weighted by Crippen LogP contribution is 1.96. The Hall–Kier alpha value is -0.730. The van der Waals surface area contributed by atoms with E-state index < -0.39 is 24.7 Å². The number of rotatable bonds is 9. The molecule has 0 aromatic rings. The largest absolute Gasteiger partial charge is 0.480 e. The van der Waals surface area contributed by atoms with Gasteiger partial charge in [-0.2, -0.15) is 5.48 Å². The van der Waals surface area contributed by atoms with Gasteiger partial charge in [0.1, 0.15) is 12.1 Å². The monoisotopic (exact) mass is 222 g/mol. The summed E-state index contributed by atoms with van der Waals surface area (Å²) in [5.74, 6) is -1.04. The van der Waals surface area contributed by atoms with Crippen molar-refractivity contribution in [1.82, 2.24) is 5.48 Å². The van der Waals surface area contributed by atoms with Crippen molar-refractivity contribution >= 4 is 5.97 Å². The summed E-state index contributed by atoms with van der Waals surface area (Å²) in [6.45, 7) is -0.185. The van der Waals surface area contributed by atoms with Crippen molar-refractivity contribution in [1.29, 1.82) is 0 Å². The van der Waals surface area contributed by atoms with Gasteiger partial charge in [0.05, 0.1) is 13.2 Å². The third kappa shape index (κ3) is 7.23. The van der Waals surface area contributed by atoms with Crippen LogP contribution >= 0.6 is 0 Å². The zero-order valence-corrected chi connectivity index (χ0v) is 8.43. The maximum atomic E-state index is 10.7. The van der Waals surface area contributed by atoms with Crippen molar-refractivity contribution in [3.05, 3.63) is 0 Å². The van der Waals surface area contributed by atoms with Gasteiger partial charge in [-0.25, -0.2) is 0 Å². The van der Waals surface area contributed by atoms with E-state index in [1.165, 1.54) is 0 Å². The summed E-state index contributed by atoms with van der Waals surface area (Å²) >= 11 is 0. The van der Waals surface area contributed by atoms with Gasteiger partial charge < -0.3 is 21.1 Å². The molecule has 0 radical (unpaired) electrons. The maximum Gasteiger partial charge on any atom is 0.323 e. The molecule has 7 heteroatoms. The molecule has 0 bridgehead atoms. The minimum atomic E-state index is -1.04. The number of nitrogens with two attached hydrogens (primary N) is 1. The van der Waals surface area contributed by atoms with Gasteiger partial charge in [0.2, 0.25) is 0 Å². The second kappa shape index (κ2) is 8.57.